The molecule has 2 unspecified atom stereocenters. The third-order valence-corrected chi connectivity index (χ3v) is 7.63. The van der Waals surface area contributed by atoms with E-state index in [4.69, 9.17) is 12.2 Å². The van der Waals surface area contributed by atoms with E-state index in [1.807, 2.05) is 23.3 Å². The van der Waals surface area contributed by atoms with Crippen LogP contribution < -0.4 is 16.2 Å². The van der Waals surface area contributed by atoms with E-state index < -0.39 is 0 Å². The number of thiocarbonyl (C=S) groups is 1. The molecule has 0 spiro atoms. The molecular weight excluding hydrogens is 414 g/mol. The van der Waals surface area contributed by atoms with E-state index in [1.54, 1.807) is 6.20 Å². The van der Waals surface area contributed by atoms with Gasteiger partial charge in [0.1, 0.15) is 0 Å². The Morgan fingerprint density at radius 1 is 1.23 bits per heavy atom. The van der Waals surface area contributed by atoms with E-state index in [9.17, 15) is 4.79 Å². The van der Waals surface area contributed by atoms with Gasteiger partial charge in [0.05, 0.1) is 23.1 Å². The van der Waals surface area contributed by atoms with Crippen molar-refractivity contribution in [3.05, 3.63) is 18.2 Å². The van der Waals surface area contributed by atoms with Crippen molar-refractivity contribution in [1.82, 2.24) is 40.8 Å². The summed E-state index contributed by atoms with van der Waals surface area (Å²) >= 11 is 5.35. The lowest BCUT2D eigenvalue weighted by atomic mass is 9.46. The molecule has 0 radical (unpaired) electrons. The van der Waals surface area contributed by atoms with Crippen LogP contribution in [-0.2, 0) is 16.9 Å². The highest BCUT2D eigenvalue weighted by atomic mass is 32.1. The summed E-state index contributed by atoms with van der Waals surface area (Å²) in [4.78, 5) is 14.7. The van der Waals surface area contributed by atoms with Crippen molar-refractivity contribution in [1.29, 1.82) is 0 Å². The van der Waals surface area contributed by atoms with Crippen molar-refractivity contribution in [2.24, 2.45) is 17.3 Å². The fraction of sp³-hybridized carbons (Fsp3) is 0.700. The molecule has 11 heteroatoms. The van der Waals surface area contributed by atoms with Crippen LogP contribution in [0.5, 0.6) is 0 Å². The maximum atomic E-state index is 12.9. The van der Waals surface area contributed by atoms with Crippen LogP contribution in [0.15, 0.2) is 12.5 Å². The Morgan fingerprint density at radius 3 is 2.65 bits per heavy atom. The first-order chi connectivity index (χ1) is 14.9. The average molecular weight is 444 g/mol. The first-order valence-electron chi connectivity index (χ1n) is 11.0. The number of hydrogen-bond acceptors (Lipinski definition) is 6. The van der Waals surface area contributed by atoms with Crippen molar-refractivity contribution in [3.8, 4) is 0 Å². The summed E-state index contributed by atoms with van der Waals surface area (Å²) < 4.78 is 1.89. The molecule has 2 aromatic rings. The monoisotopic (exact) mass is 443 g/mol. The Kier molecular flexibility index (Phi) is 4.95. The van der Waals surface area contributed by atoms with Crippen LogP contribution in [0.3, 0.4) is 0 Å². The molecule has 4 aliphatic rings. The molecule has 2 aromatic heterocycles. The number of anilines is 1. The maximum absolute atomic E-state index is 12.9. The lowest BCUT2D eigenvalue weighted by Gasteiger charge is -2.61. The third-order valence-electron chi connectivity index (χ3n) is 7.43. The van der Waals surface area contributed by atoms with Crippen molar-refractivity contribution >= 4 is 28.9 Å². The minimum atomic E-state index is -0.0812. The van der Waals surface area contributed by atoms with Gasteiger partial charge in [-0.2, -0.15) is 9.90 Å². The van der Waals surface area contributed by atoms with E-state index in [-0.39, 0.29) is 16.9 Å². The third kappa shape index (κ3) is 3.68. The number of nitrogens with zero attached hydrogens (tertiary/aromatic N) is 6. The molecule has 0 saturated heterocycles. The second-order valence-electron chi connectivity index (χ2n) is 9.67. The van der Waals surface area contributed by atoms with Crippen LogP contribution in [0.1, 0.15) is 57.6 Å². The Labute approximate surface area is 186 Å². The molecule has 166 valence electrons. The van der Waals surface area contributed by atoms with Gasteiger partial charge in [-0.1, -0.05) is 0 Å². The summed E-state index contributed by atoms with van der Waals surface area (Å²) in [6.45, 7) is 4.81. The Balaban J connectivity index is 1.20. The topological polar surface area (TPSA) is 115 Å². The molecule has 0 aromatic carbocycles. The standard InChI is InChI=1S/C20H29N9OS/c1-3-28-13(2)16(10-22-28)24-18(31)26-25-17(30)9-19-5-14-4-15(6-19)8-20(7-14,11-19)29-23-12-21-27-29/h10,12,14-15H,3-9,11H2,1-2H3,(H,25,30)(H2,24,26,31)/t14-,15+,19?,20?. The summed E-state index contributed by atoms with van der Waals surface area (Å²) in [6, 6.07) is 0. The second-order valence-corrected chi connectivity index (χ2v) is 10.1. The number of carbonyl (C=O) groups is 1. The zero-order chi connectivity index (χ0) is 21.6. The van der Waals surface area contributed by atoms with Gasteiger partial charge in [0.15, 0.2) is 11.4 Å². The van der Waals surface area contributed by atoms with Gasteiger partial charge in [0.2, 0.25) is 5.91 Å². The van der Waals surface area contributed by atoms with Gasteiger partial charge in [0.25, 0.3) is 0 Å². The lowest BCUT2D eigenvalue weighted by molar-refractivity contribution is -0.139. The number of amides is 1. The minimum absolute atomic E-state index is 0.00260. The van der Waals surface area contributed by atoms with Gasteiger partial charge in [-0.3, -0.25) is 20.3 Å². The summed E-state index contributed by atoms with van der Waals surface area (Å²) in [5.41, 5.74) is 7.39. The van der Waals surface area contributed by atoms with E-state index >= 15 is 0 Å². The summed E-state index contributed by atoms with van der Waals surface area (Å²) in [6.07, 6.45) is 10.3. The van der Waals surface area contributed by atoms with Gasteiger partial charge >= 0.3 is 0 Å². The van der Waals surface area contributed by atoms with Crippen molar-refractivity contribution < 1.29 is 4.79 Å². The van der Waals surface area contributed by atoms with E-state index in [0.29, 0.717) is 23.4 Å². The van der Waals surface area contributed by atoms with Crippen molar-refractivity contribution in [2.75, 3.05) is 5.32 Å². The first kappa shape index (κ1) is 20.3. The smallest absolute Gasteiger partial charge is 0.238 e. The number of aromatic nitrogens is 6. The Bertz CT molecular complexity index is 971. The molecule has 2 heterocycles. The zero-order valence-corrected chi connectivity index (χ0v) is 18.8. The van der Waals surface area contributed by atoms with Gasteiger partial charge in [-0.15, -0.1) is 10.2 Å². The number of nitrogens with one attached hydrogen (secondary N) is 3. The Morgan fingerprint density at radius 2 is 2.00 bits per heavy atom. The highest BCUT2D eigenvalue weighted by molar-refractivity contribution is 7.80. The molecular formula is C20H29N9OS. The Hall–Kier alpha value is -2.56. The largest absolute Gasteiger partial charge is 0.329 e. The van der Waals surface area contributed by atoms with E-state index in [0.717, 1.165) is 50.0 Å². The molecule has 4 atom stereocenters. The van der Waals surface area contributed by atoms with Gasteiger partial charge in [-0.25, -0.2) is 0 Å². The van der Waals surface area contributed by atoms with E-state index in [1.165, 1.54) is 12.7 Å². The number of rotatable bonds is 5. The van der Waals surface area contributed by atoms with Gasteiger partial charge < -0.3 is 5.32 Å². The molecule has 3 N–H and O–H groups in total. The zero-order valence-electron chi connectivity index (χ0n) is 18.0. The van der Waals surface area contributed by atoms with Crippen LogP contribution in [0.4, 0.5) is 5.69 Å². The minimum Gasteiger partial charge on any atom is -0.329 e. The van der Waals surface area contributed by atoms with E-state index in [2.05, 4.69) is 36.7 Å². The average Bonchev–Trinajstić information content (AvgIpc) is 3.36. The summed E-state index contributed by atoms with van der Waals surface area (Å²) in [5, 5.41) is 20.3. The molecule has 10 nitrogen and oxygen atoms in total. The lowest BCUT2D eigenvalue weighted by Crippen LogP contribution is -2.58. The van der Waals surface area contributed by atoms with Gasteiger partial charge in [0, 0.05) is 13.0 Å². The highest BCUT2D eigenvalue weighted by Gasteiger charge is 2.59. The van der Waals surface area contributed by atoms with Crippen LogP contribution in [-0.4, -0.2) is 41.0 Å². The fourth-order valence-corrected chi connectivity index (χ4v) is 6.94. The molecule has 4 saturated carbocycles. The van der Waals surface area contributed by atoms with Crippen molar-refractivity contribution in [3.63, 3.8) is 0 Å². The molecule has 6 rings (SSSR count). The van der Waals surface area contributed by atoms with Crippen LogP contribution in [0.2, 0.25) is 0 Å². The van der Waals surface area contributed by atoms with Crippen molar-refractivity contribution in [2.45, 2.75) is 70.9 Å². The summed E-state index contributed by atoms with van der Waals surface area (Å²) in [5.74, 6) is 1.23. The number of hydrazine groups is 1. The summed E-state index contributed by atoms with van der Waals surface area (Å²) in [7, 11) is 0. The molecule has 4 aliphatic carbocycles. The van der Waals surface area contributed by atoms with Crippen LogP contribution >= 0.6 is 12.2 Å². The predicted octanol–water partition coefficient (Wildman–Crippen LogP) is 1.90. The first-order valence-corrected chi connectivity index (χ1v) is 11.4. The molecule has 4 bridgehead atoms. The van der Waals surface area contributed by atoms with Crippen LogP contribution in [0.25, 0.3) is 0 Å². The fourth-order valence-electron chi connectivity index (χ4n) is 6.78. The predicted molar refractivity (Wildman–Crippen MR) is 118 cm³/mol. The SMILES string of the molecule is CCn1ncc(NC(=S)NNC(=O)CC23C[C@H]4C[C@@H](C2)CC(n2ncnn2)(C4)C3)c1C. The molecule has 4 fully saturated rings. The second kappa shape index (κ2) is 7.54. The molecule has 1 amide bonds. The van der Waals surface area contributed by atoms with Gasteiger partial charge in [-0.05, 0) is 87.1 Å². The normalized spacial score (nSPS) is 30.9. The van der Waals surface area contributed by atoms with Crippen LogP contribution in [0, 0.1) is 24.2 Å². The quantitative estimate of drug-likeness (QED) is 0.474. The maximum Gasteiger partial charge on any atom is 0.238 e. The molecule has 0 aliphatic heterocycles. The molecule has 31 heavy (non-hydrogen) atoms. The number of aryl methyl sites for hydroxylation is 1. The highest BCUT2D eigenvalue weighted by Crippen LogP contribution is 2.64. The number of hydrogen-bond donors (Lipinski definition) is 3. The number of tetrazole rings is 1. The number of carbonyl (C=O) groups excluding carboxylic acids is 1.